The fraction of sp³-hybridized carbons (Fsp3) is 0.417. The lowest BCUT2D eigenvalue weighted by Crippen LogP contribution is -2.12. The predicted octanol–water partition coefficient (Wildman–Crippen LogP) is 2.25. The van der Waals surface area contributed by atoms with Gasteiger partial charge in [0.25, 0.3) is 5.56 Å². The molecule has 0 fully saturated rings. The van der Waals surface area contributed by atoms with Crippen LogP contribution in [0.2, 0.25) is 0 Å². The van der Waals surface area contributed by atoms with E-state index in [2.05, 4.69) is 27.2 Å². The summed E-state index contributed by atoms with van der Waals surface area (Å²) in [5.74, 6) is 0.625. The summed E-state index contributed by atoms with van der Waals surface area (Å²) in [6.07, 6.45) is 5.67. The van der Waals surface area contributed by atoms with E-state index >= 15 is 0 Å². The van der Waals surface area contributed by atoms with Gasteiger partial charge in [0.2, 0.25) is 0 Å². The molecule has 0 atom stereocenters. The van der Waals surface area contributed by atoms with Gasteiger partial charge >= 0.3 is 0 Å². The molecule has 2 aromatic rings. The van der Waals surface area contributed by atoms with E-state index < -0.39 is 0 Å². The second kappa shape index (κ2) is 5.86. The number of aromatic amines is 1. The van der Waals surface area contributed by atoms with Crippen LogP contribution in [0.3, 0.4) is 0 Å². The molecule has 0 saturated heterocycles. The van der Waals surface area contributed by atoms with Gasteiger partial charge in [0.15, 0.2) is 5.16 Å². The molecule has 18 heavy (non-hydrogen) atoms. The van der Waals surface area contributed by atoms with Crippen LogP contribution in [0, 0.1) is 0 Å². The van der Waals surface area contributed by atoms with Gasteiger partial charge in [0.1, 0.15) is 11.2 Å². The number of hydrogen-bond donors (Lipinski definition) is 2. The standard InChI is InChI=1S/C12H16N4OS/c1-3-4-6-13-10-9-8(5-7-14-11(9)17)15-12(16-10)18-2/h5,7H,3-4,6H2,1-2H3,(H,14,17)(H,13,15,16). The Morgan fingerprint density at radius 1 is 1.44 bits per heavy atom. The van der Waals surface area contributed by atoms with Gasteiger partial charge in [-0.15, -0.1) is 0 Å². The number of nitrogens with one attached hydrogen (secondary N) is 2. The molecule has 2 aromatic heterocycles. The lowest BCUT2D eigenvalue weighted by molar-refractivity contribution is 0.828. The van der Waals surface area contributed by atoms with E-state index in [1.807, 2.05) is 6.26 Å². The SMILES string of the molecule is CCCCNc1nc(SC)nc2cc[nH]c(=O)c12. The highest BCUT2D eigenvalue weighted by molar-refractivity contribution is 7.98. The molecule has 5 nitrogen and oxygen atoms in total. The van der Waals surface area contributed by atoms with Crippen molar-refractivity contribution < 1.29 is 0 Å². The fourth-order valence-electron chi connectivity index (χ4n) is 1.67. The van der Waals surface area contributed by atoms with Gasteiger partial charge in [-0.3, -0.25) is 4.79 Å². The maximum absolute atomic E-state index is 11.8. The summed E-state index contributed by atoms with van der Waals surface area (Å²) >= 11 is 1.47. The van der Waals surface area contributed by atoms with Crippen molar-refractivity contribution in [2.45, 2.75) is 24.9 Å². The molecule has 0 aliphatic heterocycles. The van der Waals surface area contributed by atoms with E-state index in [0.717, 1.165) is 19.4 Å². The summed E-state index contributed by atoms with van der Waals surface area (Å²) in [5.41, 5.74) is 0.524. The number of fused-ring (bicyclic) bond motifs is 1. The van der Waals surface area contributed by atoms with Crippen molar-refractivity contribution in [2.24, 2.45) is 0 Å². The first-order chi connectivity index (χ1) is 8.76. The number of rotatable bonds is 5. The van der Waals surface area contributed by atoms with Crippen molar-refractivity contribution in [1.29, 1.82) is 0 Å². The molecule has 0 aromatic carbocycles. The number of unbranched alkanes of at least 4 members (excludes halogenated alkanes) is 1. The molecule has 0 spiro atoms. The maximum Gasteiger partial charge on any atom is 0.261 e. The highest BCUT2D eigenvalue weighted by Gasteiger charge is 2.09. The number of aromatic nitrogens is 3. The van der Waals surface area contributed by atoms with Crippen molar-refractivity contribution in [3.8, 4) is 0 Å². The smallest absolute Gasteiger partial charge is 0.261 e. The fourth-order valence-corrected chi connectivity index (χ4v) is 2.04. The maximum atomic E-state index is 11.8. The molecule has 0 saturated carbocycles. The number of thioether (sulfide) groups is 1. The summed E-state index contributed by atoms with van der Waals surface area (Å²) in [6, 6.07) is 1.79. The Bertz CT molecular complexity index is 596. The van der Waals surface area contributed by atoms with Crippen LogP contribution in [0.1, 0.15) is 19.8 Å². The summed E-state index contributed by atoms with van der Waals surface area (Å²) in [6.45, 7) is 2.94. The average molecular weight is 264 g/mol. The van der Waals surface area contributed by atoms with Gasteiger partial charge in [-0.25, -0.2) is 9.97 Å². The number of nitrogens with zero attached hydrogens (tertiary/aromatic N) is 2. The highest BCUT2D eigenvalue weighted by Crippen LogP contribution is 2.20. The zero-order valence-corrected chi connectivity index (χ0v) is 11.3. The minimum atomic E-state index is -0.154. The molecule has 0 radical (unpaired) electrons. The zero-order chi connectivity index (χ0) is 13.0. The van der Waals surface area contributed by atoms with Crippen molar-refractivity contribution in [3.05, 3.63) is 22.6 Å². The van der Waals surface area contributed by atoms with Crippen LogP contribution < -0.4 is 10.9 Å². The van der Waals surface area contributed by atoms with E-state index in [0.29, 0.717) is 21.9 Å². The monoisotopic (exact) mass is 264 g/mol. The Balaban J connectivity index is 2.50. The Morgan fingerprint density at radius 3 is 3.00 bits per heavy atom. The molecule has 2 rings (SSSR count). The molecule has 2 heterocycles. The Hall–Kier alpha value is -1.56. The van der Waals surface area contributed by atoms with E-state index in [1.165, 1.54) is 11.8 Å². The van der Waals surface area contributed by atoms with Crippen LogP contribution in [0.5, 0.6) is 0 Å². The van der Waals surface area contributed by atoms with Gasteiger partial charge < -0.3 is 10.3 Å². The van der Waals surface area contributed by atoms with E-state index in [-0.39, 0.29) is 5.56 Å². The summed E-state index contributed by atoms with van der Waals surface area (Å²) < 4.78 is 0. The predicted molar refractivity (Wildman–Crippen MR) is 75.3 cm³/mol. The van der Waals surface area contributed by atoms with Gasteiger partial charge in [-0.1, -0.05) is 25.1 Å². The third-order valence-electron chi connectivity index (χ3n) is 2.60. The number of hydrogen-bond acceptors (Lipinski definition) is 5. The quantitative estimate of drug-likeness (QED) is 0.492. The van der Waals surface area contributed by atoms with Crippen molar-refractivity contribution in [2.75, 3.05) is 18.1 Å². The van der Waals surface area contributed by atoms with Crippen molar-refractivity contribution in [1.82, 2.24) is 15.0 Å². The first-order valence-corrected chi connectivity index (χ1v) is 7.16. The molecule has 0 aliphatic carbocycles. The molecular formula is C12H16N4OS. The Labute approximate surface area is 109 Å². The number of pyridine rings is 1. The van der Waals surface area contributed by atoms with Crippen molar-refractivity contribution >= 4 is 28.5 Å². The lowest BCUT2D eigenvalue weighted by Gasteiger charge is -2.08. The van der Waals surface area contributed by atoms with Crippen LogP contribution >= 0.6 is 11.8 Å². The van der Waals surface area contributed by atoms with Gasteiger partial charge in [0.05, 0.1) is 5.52 Å². The summed E-state index contributed by atoms with van der Waals surface area (Å²) in [5, 5.41) is 4.43. The summed E-state index contributed by atoms with van der Waals surface area (Å²) in [4.78, 5) is 23.2. The van der Waals surface area contributed by atoms with Crippen LogP contribution in [-0.2, 0) is 0 Å². The molecule has 0 bridgehead atoms. The van der Waals surface area contributed by atoms with Crippen LogP contribution in [0.4, 0.5) is 5.82 Å². The second-order valence-electron chi connectivity index (χ2n) is 3.91. The van der Waals surface area contributed by atoms with Crippen LogP contribution in [-0.4, -0.2) is 27.8 Å². The lowest BCUT2D eigenvalue weighted by atomic mass is 10.3. The minimum absolute atomic E-state index is 0.154. The van der Waals surface area contributed by atoms with Crippen molar-refractivity contribution in [3.63, 3.8) is 0 Å². The second-order valence-corrected chi connectivity index (χ2v) is 4.68. The minimum Gasteiger partial charge on any atom is -0.369 e. The van der Waals surface area contributed by atoms with Gasteiger partial charge in [-0.05, 0) is 18.7 Å². The topological polar surface area (TPSA) is 70.7 Å². The third-order valence-corrected chi connectivity index (χ3v) is 3.15. The van der Waals surface area contributed by atoms with Gasteiger partial charge in [-0.2, -0.15) is 0 Å². The van der Waals surface area contributed by atoms with E-state index in [9.17, 15) is 4.79 Å². The molecule has 6 heteroatoms. The molecule has 0 aliphatic rings. The zero-order valence-electron chi connectivity index (χ0n) is 10.5. The molecule has 96 valence electrons. The van der Waals surface area contributed by atoms with E-state index in [1.54, 1.807) is 12.3 Å². The summed E-state index contributed by atoms with van der Waals surface area (Å²) in [7, 11) is 0. The first-order valence-electron chi connectivity index (χ1n) is 5.93. The molecule has 0 amide bonds. The highest BCUT2D eigenvalue weighted by atomic mass is 32.2. The molecule has 2 N–H and O–H groups in total. The first kappa shape index (κ1) is 12.9. The molecule has 0 unspecified atom stereocenters. The largest absolute Gasteiger partial charge is 0.369 e. The molecular weight excluding hydrogens is 248 g/mol. The Morgan fingerprint density at radius 2 is 2.28 bits per heavy atom. The van der Waals surface area contributed by atoms with Crippen LogP contribution in [0.15, 0.2) is 22.2 Å². The van der Waals surface area contributed by atoms with Crippen LogP contribution in [0.25, 0.3) is 10.9 Å². The van der Waals surface area contributed by atoms with E-state index in [4.69, 9.17) is 0 Å². The number of anilines is 1. The third kappa shape index (κ3) is 2.64. The average Bonchev–Trinajstić information content (AvgIpc) is 2.38. The number of H-pyrrole nitrogens is 1. The normalized spacial score (nSPS) is 10.8. The Kier molecular flexibility index (Phi) is 4.19. The van der Waals surface area contributed by atoms with Gasteiger partial charge in [0, 0.05) is 12.7 Å².